The first-order chi connectivity index (χ1) is 17.2. The van der Waals surface area contributed by atoms with Crippen molar-refractivity contribution in [3.63, 3.8) is 0 Å². The number of fused-ring (bicyclic) bond motifs is 2. The van der Waals surface area contributed by atoms with Gasteiger partial charge in [0.25, 0.3) is 0 Å². The molecule has 2 N–H and O–H groups in total. The minimum Gasteiger partial charge on any atom is -0.394 e. The van der Waals surface area contributed by atoms with Crippen LogP contribution in [-0.2, 0) is 14.2 Å². The number of aliphatic hydroxyl groups is 1. The molecule has 1 aromatic carbocycles. The van der Waals surface area contributed by atoms with Gasteiger partial charge in [0.15, 0.2) is 34.4 Å². The Morgan fingerprint density at radius 2 is 1.97 bits per heavy atom. The summed E-state index contributed by atoms with van der Waals surface area (Å²) >= 11 is 0. The highest BCUT2D eigenvalue weighted by molar-refractivity contribution is 5.82. The van der Waals surface area contributed by atoms with Gasteiger partial charge in [0.2, 0.25) is 0 Å². The largest absolute Gasteiger partial charge is 0.394 e. The molecular weight excluding hydrogens is 474 g/mol. The maximum Gasteiger partial charge on any atom is 0.184 e. The third-order valence-electron chi connectivity index (χ3n) is 7.04. The van der Waals surface area contributed by atoms with Crippen LogP contribution in [-0.4, -0.2) is 73.4 Å². The van der Waals surface area contributed by atoms with E-state index < -0.39 is 17.4 Å². The van der Waals surface area contributed by atoms with Crippen molar-refractivity contribution in [2.24, 2.45) is 0 Å². The van der Waals surface area contributed by atoms with Gasteiger partial charge in [0, 0.05) is 18.4 Å². The van der Waals surface area contributed by atoms with Gasteiger partial charge in [-0.1, -0.05) is 11.3 Å². The van der Waals surface area contributed by atoms with Crippen LogP contribution in [0.4, 0.5) is 14.6 Å². The summed E-state index contributed by atoms with van der Waals surface area (Å²) in [5.41, 5.74) is 1.82. The number of rotatable bonds is 7. The van der Waals surface area contributed by atoms with Gasteiger partial charge in [-0.15, -0.1) is 5.10 Å². The van der Waals surface area contributed by atoms with Crippen molar-refractivity contribution >= 4 is 17.0 Å². The molecule has 2 saturated carbocycles. The topological polar surface area (TPSA) is 116 Å². The van der Waals surface area contributed by atoms with Crippen molar-refractivity contribution in [2.75, 3.05) is 18.5 Å². The number of nitrogens with one attached hydrogen (secondary N) is 1. The van der Waals surface area contributed by atoms with Gasteiger partial charge in [-0.25, -0.2) is 23.4 Å². The van der Waals surface area contributed by atoms with Crippen LogP contribution < -0.4 is 5.32 Å². The number of anilines is 1. The molecule has 1 saturated heterocycles. The van der Waals surface area contributed by atoms with Gasteiger partial charge in [0.1, 0.15) is 18.0 Å². The van der Waals surface area contributed by atoms with Crippen LogP contribution in [0.1, 0.15) is 50.0 Å². The number of aryl methyl sites for hydroxylation is 1. The number of halogens is 2. The van der Waals surface area contributed by atoms with E-state index in [4.69, 9.17) is 14.2 Å². The van der Waals surface area contributed by atoms with Crippen LogP contribution in [0.5, 0.6) is 0 Å². The Hall–Kier alpha value is -2.80. The monoisotopic (exact) mass is 502 g/mol. The predicted octanol–water partition coefficient (Wildman–Crippen LogP) is 2.62. The zero-order valence-electron chi connectivity index (χ0n) is 20.2. The molecule has 1 aliphatic heterocycles. The lowest BCUT2D eigenvalue weighted by Gasteiger charge is -2.23. The summed E-state index contributed by atoms with van der Waals surface area (Å²) in [7, 11) is 0. The predicted molar refractivity (Wildman–Crippen MR) is 123 cm³/mol. The molecule has 3 aliphatic rings. The van der Waals surface area contributed by atoms with Gasteiger partial charge >= 0.3 is 0 Å². The second-order valence-corrected chi connectivity index (χ2v) is 10.1. The lowest BCUT2D eigenvalue weighted by atomic mass is 10.1. The molecule has 2 aliphatic carbocycles. The Bertz CT molecular complexity index is 1300. The van der Waals surface area contributed by atoms with Gasteiger partial charge in [-0.05, 0) is 44.9 Å². The van der Waals surface area contributed by atoms with Crippen LogP contribution in [0.2, 0.25) is 0 Å². The van der Waals surface area contributed by atoms with E-state index in [2.05, 4.69) is 25.6 Å². The molecule has 6 atom stereocenters. The summed E-state index contributed by atoms with van der Waals surface area (Å²) < 4.78 is 47.0. The maximum atomic E-state index is 13.7. The summed E-state index contributed by atoms with van der Waals surface area (Å²) in [5, 5.41) is 21.4. The van der Waals surface area contributed by atoms with E-state index in [-0.39, 0.29) is 49.5 Å². The SMILES string of the molecule is Cc1nc(N[C@@H]2C[C@H]2c2ccc(F)c(F)c2)c2nnn([C@@H]3C[C@H](OCCO)[C@H]4OC(C)(C)O[C@H]43)c2n1. The first-order valence-corrected chi connectivity index (χ1v) is 12.1. The number of hydrogen-bond acceptors (Lipinski definition) is 9. The maximum absolute atomic E-state index is 13.7. The average Bonchev–Trinajstić information content (AvgIpc) is 3.16. The first kappa shape index (κ1) is 23.6. The minimum absolute atomic E-state index is 0.0111. The summed E-state index contributed by atoms with van der Waals surface area (Å²) in [6.45, 7) is 5.64. The fourth-order valence-corrected chi connectivity index (χ4v) is 5.42. The number of benzene rings is 1. The highest BCUT2D eigenvalue weighted by atomic mass is 19.2. The summed E-state index contributed by atoms with van der Waals surface area (Å²) in [4.78, 5) is 9.17. The van der Waals surface area contributed by atoms with Gasteiger partial charge < -0.3 is 24.6 Å². The third-order valence-corrected chi connectivity index (χ3v) is 7.04. The molecule has 10 nitrogen and oxygen atoms in total. The quantitative estimate of drug-likeness (QED) is 0.503. The van der Waals surface area contributed by atoms with Crippen LogP contribution in [0, 0.1) is 18.6 Å². The fraction of sp³-hybridized carbons (Fsp3) is 0.583. The summed E-state index contributed by atoms with van der Waals surface area (Å²) in [5.74, 6) is -1.34. The van der Waals surface area contributed by atoms with Crippen LogP contribution in [0.15, 0.2) is 18.2 Å². The van der Waals surface area contributed by atoms with Gasteiger partial charge in [0.05, 0.1) is 25.4 Å². The van der Waals surface area contributed by atoms with Crippen LogP contribution >= 0.6 is 0 Å². The molecule has 12 heteroatoms. The molecule has 0 radical (unpaired) electrons. The second-order valence-electron chi connectivity index (χ2n) is 10.1. The molecule has 6 rings (SSSR count). The molecule has 0 unspecified atom stereocenters. The number of nitrogens with zero attached hydrogens (tertiary/aromatic N) is 5. The molecule has 3 aromatic rings. The van der Waals surface area contributed by atoms with Crippen molar-refractivity contribution in [3.8, 4) is 0 Å². The average molecular weight is 503 g/mol. The standard InChI is InChI=1S/C24H28F2N6O4/c1-11-27-22(29-16-9-13(16)12-4-5-14(25)15(26)8-12)19-23(28-11)32(31-30-19)17-10-18(34-7-6-33)21-20(17)35-24(2,3)36-21/h4-5,8,13,16-18,20-21,33H,6-7,9-10H2,1-3H3,(H,27,28,29)/t13-,16+,17+,18-,20-,21+/m0/s1. The highest BCUT2D eigenvalue weighted by Crippen LogP contribution is 2.46. The van der Waals surface area contributed by atoms with E-state index in [0.717, 1.165) is 18.1 Å². The van der Waals surface area contributed by atoms with E-state index in [0.29, 0.717) is 29.2 Å². The molecule has 36 heavy (non-hydrogen) atoms. The van der Waals surface area contributed by atoms with Crippen LogP contribution in [0.25, 0.3) is 11.2 Å². The highest BCUT2D eigenvalue weighted by Gasteiger charge is 2.56. The molecule has 192 valence electrons. The van der Waals surface area contributed by atoms with E-state index >= 15 is 0 Å². The Kier molecular flexibility index (Phi) is 5.67. The van der Waals surface area contributed by atoms with Gasteiger partial charge in [-0.3, -0.25) is 0 Å². The summed E-state index contributed by atoms with van der Waals surface area (Å²) in [6.07, 6.45) is 0.440. The van der Waals surface area contributed by atoms with Crippen molar-refractivity contribution in [2.45, 2.75) is 75.7 Å². The van der Waals surface area contributed by atoms with E-state index in [1.54, 1.807) is 17.7 Å². The molecule has 3 fully saturated rings. The molecule has 0 bridgehead atoms. The number of aliphatic hydroxyl groups excluding tert-OH is 1. The number of hydrogen-bond donors (Lipinski definition) is 2. The van der Waals surface area contributed by atoms with E-state index in [9.17, 15) is 13.9 Å². The lowest BCUT2D eigenvalue weighted by molar-refractivity contribution is -0.171. The van der Waals surface area contributed by atoms with Crippen LogP contribution in [0.3, 0.4) is 0 Å². The zero-order chi connectivity index (χ0) is 25.2. The van der Waals surface area contributed by atoms with Gasteiger partial charge in [-0.2, -0.15) is 0 Å². The Morgan fingerprint density at radius 3 is 2.75 bits per heavy atom. The third kappa shape index (κ3) is 4.11. The van der Waals surface area contributed by atoms with Crippen molar-refractivity contribution in [3.05, 3.63) is 41.2 Å². The van der Waals surface area contributed by atoms with Crippen molar-refractivity contribution < 1.29 is 28.1 Å². The molecule has 3 heterocycles. The number of ether oxygens (including phenoxy) is 3. The Morgan fingerprint density at radius 1 is 1.17 bits per heavy atom. The normalized spacial score (nSPS) is 30.6. The Balaban J connectivity index is 1.27. The van der Waals surface area contributed by atoms with E-state index in [1.165, 1.54) is 6.07 Å². The fourth-order valence-electron chi connectivity index (χ4n) is 5.42. The molecule has 0 amide bonds. The smallest absolute Gasteiger partial charge is 0.184 e. The second kappa shape index (κ2) is 8.65. The molecule has 0 spiro atoms. The lowest BCUT2D eigenvalue weighted by Crippen LogP contribution is -2.31. The van der Waals surface area contributed by atoms with Crippen molar-refractivity contribution in [1.29, 1.82) is 0 Å². The molecular formula is C24H28F2N6O4. The summed E-state index contributed by atoms with van der Waals surface area (Å²) in [6, 6.07) is 3.79. The number of aromatic nitrogens is 5. The molecule has 2 aromatic heterocycles. The zero-order valence-corrected chi connectivity index (χ0v) is 20.2. The Labute approximate surface area is 206 Å². The first-order valence-electron chi connectivity index (χ1n) is 12.1. The minimum atomic E-state index is -0.855. The van der Waals surface area contributed by atoms with E-state index in [1.807, 2.05) is 13.8 Å². The van der Waals surface area contributed by atoms with Crippen molar-refractivity contribution in [1.82, 2.24) is 25.0 Å².